The molecule has 1 aliphatic heterocycles. The van der Waals surface area contributed by atoms with Crippen LogP contribution in [0.25, 0.3) is 5.76 Å². The van der Waals surface area contributed by atoms with Gasteiger partial charge in [0.15, 0.2) is 11.4 Å². The molecule has 4 atom stereocenters. The molecule has 1 heterocycles. The molecule has 0 bridgehead atoms. The van der Waals surface area contributed by atoms with Crippen molar-refractivity contribution in [1.82, 2.24) is 9.80 Å². The first-order valence-electron chi connectivity index (χ1n) is 13.2. The number of phenols is 1. The van der Waals surface area contributed by atoms with E-state index in [1.807, 2.05) is 0 Å². The number of aromatic hydroxyl groups is 1. The lowest BCUT2D eigenvalue weighted by Crippen LogP contribution is -2.65. The number of nitrogens with two attached hydrogens (primary N) is 1. The van der Waals surface area contributed by atoms with Gasteiger partial charge in [-0.25, -0.2) is 0 Å². The summed E-state index contributed by atoms with van der Waals surface area (Å²) in [5.41, 5.74) is 2.88. The van der Waals surface area contributed by atoms with Crippen LogP contribution in [0, 0.1) is 17.8 Å². The lowest BCUT2D eigenvalue weighted by Gasteiger charge is -2.50. The number of likely N-dealkylation sites (N-methyl/N-ethyl adjacent to an activating group) is 1. The molecule has 1 aromatic carbocycles. The number of nitrogens with zero attached hydrogens (tertiary/aromatic N) is 2. The number of primary amides is 1. The molecule has 4 aliphatic rings. The summed E-state index contributed by atoms with van der Waals surface area (Å²) in [6.45, 7) is 4.57. The van der Waals surface area contributed by atoms with Gasteiger partial charge >= 0.3 is 0 Å². The molecule has 0 radical (unpaired) electrons. The number of aliphatic hydroxyl groups is 3. The zero-order valence-electron chi connectivity index (χ0n) is 22.2. The van der Waals surface area contributed by atoms with Crippen LogP contribution in [-0.4, -0.2) is 86.5 Å². The fraction of sp³-hybridized carbons (Fsp3) is 0.536. The number of hydrogen-bond donors (Lipinski definition) is 5. The summed E-state index contributed by atoms with van der Waals surface area (Å²) in [4.78, 5) is 42.9. The Morgan fingerprint density at radius 1 is 1.21 bits per heavy atom. The van der Waals surface area contributed by atoms with Crippen LogP contribution in [0.2, 0.25) is 5.02 Å². The maximum Gasteiger partial charge on any atom is 0.255 e. The monoisotopic (exact) mass is 559 g/mol. The molecule has 0 aromatic heterocycles. The van der Waals surface area contributed by atoms with Gasteiger partial charge < -0.3 is 26.2 Å². The number of Topliss-reactive ketones (excluding diaryl/α,β-unsaturated/α-hetero) is 2. The first-order chi connectivity index (χ1) is 18.3. The SMILES string of the molecule is CC1CCN(Cc2cc(O)c3c(c2Cl)C[C@H]2C[C@H]4[C@H](N(C)C)C(=O)C(C(N)=O)=C(O)[C@@]4(O)C(=O)C2=C3O)CC1. The van der Waals surface area contributed by atoms with Crippen LogP contribution in [0.15, 0.2) is 23.0 Å². The molecule has 0 unspecified atom stereocenters. The quantitative estimate of drug-likeness (QED) is 0.346. The number of phenolic OH excluding ortho intramolecular Hbond substituents is 1. The number of piperidine rings is 1. The van der Waals surface area contributed by atoms with Crippen LogP contribution < -0.4 is 5.73 Å². The molecule has 210 valence electrons. The number of fused-ring (bicyclic) bond motifs is 3. The van der Waals surface area contributed by atoms with Crippen molar-refractivity contribution >= 4 is 34.8 Å². The summed E-state index contributed by atoms with van der Waals surface area (Å²) in [5, 5.41) is 45.3. The summed E-state index contributed by atoms with van der Waals surface area (Å²) in [5.74, 6) is -6.10. The molecule has 2 fully saturated rings. The van der Waals surface area contributed by atoms with E-state index in [2.05, 4.69) is 11.8 Å². The number of ketones is 2. The number of carbonyl (C=O) groups excluding carboxylic acids is 3. The minimum Gasteiger partial charge on any atom is -0.508 e. The van der Waals surface area contributed by atoms with Gasteiger partial charge in [0.1, 0.15) is 22.8 Å². The van der Waals surface area contributed by atoms with E-state index < -0.39 is 58.0 Å². The molecule has 1 saturated carbocycles. The number of benzene rings is 1. The van der Waals surface area contributed by atoms with Gasteiger partial charge in [0.2, 0.25) is 5.78 Å². The lowest BCUT2D eigenvalue weighted by molar-refractivity contribution is -0.153. The summed E-state index contributed by atoms with van der Waals surface area (Å²) in [6.07, 6.45) is 2.34. The fourth-order valence-corrected chi connectivity index (χ4v) is 7.21. The van der Waals surface area contributed by atoms with Crippen molar-refractivity contribution < 1.29 is 34.8 Å². The average Bonchev–Trinajstić information content (AvgIpc) is 2.85. The highest BCUT2D eigenvalue weighted by atomic mass is 35.5. The van der Waals surface area contributed by atoms with Crippen LogP contribution in [0.1, 0.15) is 42.9 Å². The molecule has 3 aliphatic carbocycles. The summed E-state index contributed by atoms with van der Waals surface area (Å²) >= 11 is 6.86. The fourth-order valence-electron chi connectivity index (χ4n) is 6.92. The Morgan fingerprint density at radius 3 is 2.44 bits per heavy atom. The van der Waals surface area contributed by atoms with Crippen molar-refractivity contribution in [1.29, 1.82) is 0 Å². The van der Waals surface area contributed by atoms with Crippen molar-refractivity contribution in [2.75, 3.05) is 27.2 Å². The molecule has 11 heteroatoms. The molecule has 5 rings (SSSR count). The molecule has 39 heavy (non-hydrogen) atoms. The third-order valence-corrected chi connectivity index (χ3v) is 9.47. The summed E-state index contributed by atoms with van der Waals surface area (Å²) in [6, 6.07) is 0.365. The van der Waals surface area contributed by atoms with E-state index in [0.29, 0.717) is 28.6 Å². The van der Waals surface area contributed by atoms with E-state index in [0.717, 1.165) is 25.9 Å². The zero-order chi connectivity index (χ0) is 28.5. The van der Waals surface area contributed by atoms with Crippen molar-refractivity contribution in [3.63, 3.8) is 0 Å². The van der Waals surface area contributed by atoms with Crippen LogP contribution >= 0.6 is 11.6 Å². The normalized spacial score (nSPS) is 29.9. The first kappa shape index (κ1) is 27.6. The van der Waals surface area contributed by atoms with Gasteiger partial charge in [-0.05, 0) is 81.9 Å². The Bertz CT molecular complexity index is 1340. The molecule has 0 spiro atoms. The molecule has 10 nitrogen and oxygen atoms in total. The molecule has 6 N–H and O–H groups in total. The smallest absolute Gasteiger partial charge is 0.255 e. The number of halogens is 1. The van der Waals surface area contributed by atoms with E-state index in [4.69, 9.17) is 17.3 Å². The average molecular weight is 560 g/mol. The summed E-state index contributed by atoms with van der Waals surface area (Å²) < 4.78 is 0. The molecular weight excluding hydrogens is 526 g/mol. The Balaban J connectivity index is 1.61. The third kappa shape index (κ3) is 4.07. The number of rotatable bonds is 4. The van der Waals surface area contributed by atoms with Crippen molar-refractivity contribution in [2.24, 2.45) is 23.5 Å². The van der Waals surface area contributed by atoms with Crippen molar-refractivity contribution in [3.8, 4) is 5.75 Å². The van der Waals surface area contributed by atoms with Gasteiger partial charge in [-0.2, -0.15) is 0 Å². The minimum absolute atomic E-state index is 0.00676. The Hall–Kier alpha value is -2.92. The van der Waals surface area contributed by atoms with E-state index in [9.17, 15) is 34.8 Å². The maximum absolute atomic E-state index is 13.9. The Kier molecular flexibility index (Phi) is 6.82. The highest BCUT2D eigenvalue weighted by Gasteiger charge is 2.64. The van der Waals surface area contributed by atoms with Gasteiger partial charge in [0, 0.05) is 23.1 Å². The maximum atomic E-state index is 13.9. The minimum atomic E-state index is -2.66. The Morgan fingerprint density at radius 2 is 1.85 bits per heavy atom. The zero-order valence-corrected chi connectivity index (χ0v) is 23.0. The number of carbonyl (C=O) groups is 3. The van der Waals surface area contributed by atoms with Crippen LogP contribution in [-0.2, 0) is 27.3 Å². The van der Waals surface area contributed by atoms with Crippen LogP contribution in [0.4, 0.5) is 0 Å². The molecule has 1 aromatic rings. The second kappa shape index (κ2) is 9.62. The van der Waals surface area contributed by atoms with Crippen molar-refractivity contribution in [2.45, 2.75) is 50.8 Å². The third-order valence-electron chi connectivity index (χ3n) is 9.00. The predicted octanol–water partition coefficient (Wildman–Crippen LogP) is 1.85. The first-order valence-corrected chi connectivity index (χ1v) is 13.6. The number of amides is 1. The number of likely N-dealkylation sites (tertiary alicyclic amines) is 1. The van der Waals surface area contributed by atoms with Gasteiger partial charge in [0.05, 0.1) is 11.6 Å². The topological polar surface area (TPSA) is 165 Å². The highest BCUT2D eigenvalue weighted by molar-refractivity contribution is 6.32. The van der Waals surface area contributed by atoms with Gasteiger partial charge in [-0.3, -0.25) is 24.2 Å². The second-order valence-corrected chi connectivity index (χ2v) is 12.0. The predicted molar refractivity (Wildman–Crippen MR) is 143 cm³/mol. The number of hydrogen-bond acceptors (Lipinski definition) is 9. The standard InChI is InChI=1S/C28H34ClN3O7/c1-12-4-6-32(7-5-12)11-14-10-17(33)19-15(21(14)29)8-13-9-16-22(31(2)3)24(35)20(27(30)38)26(37)28(16,39)25(36)18(13)23(19)34/h10,12-13,16,22,33-34,37,39H,4-9,11H2,1-3H3,(H2,30,38)/t13-,16-,22-,28-/m0/s1. The van der Waals surface area contributed by atoms with E-state index in [1.54, 1.807) is 14.1 Å². The largest absolute Gasteiger partial charge is 0.508 e. The summed E-state index contributed by atoms with van der Waals surface area (Å²) in [7, 11) is 3.13. The van der Waals surface area contributed by atoms with E-state index >= 15 is 0 Å². The van der Waals surface area contributed by atoms with Gasteiger partial charge in [-0.15, -0.1) is 0 Å². The second-order valence-electron chi connectivity index (χ2n) is 11.6. The van der Waals surface area contributed by atoms with E-state index in [1.165, 1.54) is 11.0 Å². The van der Waals surface area contributed by atoms with Crippen LogP contribution in [0.3, 0.4) is 0 Å². The molecule has 1 saturated heterocycles. The van der Waals surface area contributed by atoms with Gasteiger partial charge in [-0.1, -0.05) is 18.5 Å². The highest BCUT2D eigenvalue weighted by Crippen LogP contribution is 2.53. The van der Waals surface area contributed by atoms with Crippen LogP contribution in [0.5, 0.6) is 5.75 Å². The van der Waals surface area contributed by atoms with E-state index in [-0.39, 0.29) is 29.7 Å². The number of aliphatic hydroxyl groups excluding tert-OH is 2. The Labute approximate surface area is 231 Å². The van der Waals surface area contributed by atoms with Crippen molar-refractivity contribution in [3.05, 3.63) is 44.7 Å². The molecular formula is C28H34ClN3O7. The van der Waals surface area contributed by atoms with Gasteiger partial charge in [0.25, 0.3) is 5.91 Å². The lowest BCUT2D eigenvalue weighted by atomic mass is 9.57. The molecule has 1 amide bonds.